The number of piperidine rings is 1. The number of nitrogens with one attached hydrogen (secondary N) is 1. The molecule has 7 nitrogen and oxygen atoms in total. The minimum absolute atomic E-state index is 0.0572. The number of alkyl halides is 3. The summed E-state index contributed by atoms with van der Waals surface area (Å²) in [5.74, 6) is -2.63. The Bertz CT molecular complexity index is 738. The van der Waals surface area contributed by atoms with E-state index in [1.807, 2.05) is 19.1 Å². The second kappa shape index (κ2) is 7.93. The van der Waals surface area contributed by atoms with Crippen LogP contribution in [0.3, 0.4) is 0 Å². The average Bonchev–Trinajstić information content (AvgIpc) is 3.21. The largest absolute Gasteiger partial charge is 0.490 e. The number of carbonyl (C=O) groups excluding carboxylic acids is 2. The number of amides is 2. The molecule has 2 amide bonds. The van der Waals surface area contributed by atoms with Crippen LogP contribution in [-0.2, 0) is 9.59 Å². The summed E-state index contributed by atoms with van der Waals surface area (Å²) in [7, 11) is 1.63. The number of pyridine rings is 1. The molecule has 3 atom stereocenters. The molecule has 1 aromatic rings. The number of hydrogen-bond donors (Lipinski definition) is 2. The molecule has 2 N–H and O–H groups in total. The van der Waals surface area contributed by atoms with Crippen LogP contribution in [0.5, 0.6) is 0 Å². The molecule has 27 heavy (non-hydrogen) atoms. The first-order valence-corrected chi connectivity index (χ1v) is 8.34. The Morgan fingerprint density at radius 1 is 1.26 bits per heavy atom. The van der Waals surface area contributed by atoms with Gasteiger partial charge >= 0.3 is 12.1 Å². The molecule has 1 aliphatic carbocycles. The van der Waals surface area contributed by atoms with Gasteiger partial charge in [-0.15, -0.1) is 0 Å². The summed E-state index contributed by atoms with van der Waals surface area (Å²) < 4.78 is 31.7. The van der Waals surface area contributed by atoms with Crippen molar-refractivity contribution in [2.24, 2.45) is 5.92 Å². The van der Waals surface area contributed by atoms with Crippen molar-refractivity contribution in [1.29, 1.82) is 0 Å². The minimum atomic E-state index is -5.08. The molecule has 1 aliphatic heterocycles. The number of likely N-dealkylation sites (N-methyl/N-ethyl adjacent to an activating group) is 1. The van der Waals surface area contributed by atoms with E-state index >= 15 is 0 Å². The highest BCUT2D eigenvalue weighted by Crippen LogP contribution is 2.43. The number of carbonyl (C=O) groups is 3. The van der Waals surface area contributed by atoms with Gasteiger partial charge in [0.25, 0.3) is 5.91 Å². The fourth-order valence-corrected chi connectivity index (χ4v) is 3.56. The van der Waals surface area contributed by atoms with E-state index in [0.717, 1.165) is 25.0 Å². The molecule has 0 radical (unpaired) electrons. The highest BCUT2D eigenvalue weighted by molar-refractivity contribution is 5.97. The standard InChI is InChI=1S/C15H19N3O2.C2HF3O2/c1-9-4-3-5-12(17-9)15(20)18-11-7-6-10(8-11)13(18)14(19)16-2;3-2(4,5)1(6)7/h3-5,10-11,13H,6-8H2,1-2H3,(H,16,19);(H,6,7)/t10?,11?,13-;/m0./s1. The van der Waals surface area contributed by atoms with Crippen LogP contribution >= 0.6 is 0 Å². The van der Waals surface area contributed by atoms with Gasteiger partial charge in [0.05, 0.1) is 0 Å². The number of halogens is 3. The lowest BCUT2D eigenvalue weighted by Gasteiger charge is -2.33. The van der Waals surface area contributed by atoms with Gasteiger partial charge in [-0.25, -0.2) is 9.78 Å². The first kappa shape index (κ1) is 20.7. The second-order valence-electron chi connectivity index (χ2n) is 6.47. The van der Waals surface area contributed by atoms with Gasteiger partial charge in [0.2, 0.25) is 5.91 Å². The zero-order valence-electron chi connectivity index (χ0n) is 14.8. The van der Waals surface area contributed by atoms with Gasteiger partial charge in [-0.3, -0.25) is 9.59 Å². The molecule has 1 saturated carbocycles. The van der Waals surface area contributed by atoms with Gasteiger partial charge in [-0.2, -0.15) is 13.2 Å². The van der Waals surface area contributed by atoms with E-state index in [1.54, 1.807) is 18.0 Å². The molecule has 2 bridgehead atoms. The Hall–Kier alpha value is -2.65. The molecule has 3 rings (SSSR count). The number of likely N-dealkylation sites (tertiary alicyclic amines) is 1. The van der Waals surface area contributed by atoms with Crippen molar-refractivity contribution in [1.82, 2.24) is 15.2 Å². The van der Waals surface area contributed by atoms with Gasteiger partial charge < -0.3 is 15.3 Å². The van der Waals surface area contributed by atoms with Crippen LogP contribution in [0.25, 0.3) is 0 Å². The molecular weight excluding hydrogens is 367 g/mol. The number of rotatable bonds is 2. The van der Waals surface area contributed by atoms with Crippen LogP contribution in [-0.4, -0.2) is 58.1 Å². The van der Waals surface area contributed by atoms with Crippen LogP contribution in [0.4, 0.5) is 13.2 Å². The summed E-state index contributed by atoms with van der Waals surface area (Å²) in [5, 5.41) is 9.81. The molecule has 2 unspecified atom stereocenters. The van der Waals surface area contributed by atoms with E-state index < -0.39 is 12.1 Å². The van der Waals surface area contributed by atoms with Gasteiger partial charge in [0.15, 0.2) is 0 Å². The lowest BCUT2D eigenvalue weighted by molar-refractivity contribution is -0.192. The van der Waals surface area contributed by atoms with E-state index in [9.17, 15) is 22.8 Å². The Morgan fingerprint density at radius 3 is 2.41 bits per heavy atom. The summed E-state index contributed by atoms with van der Waals surface area (Å²) in [4.78, 5) is 39.7. The van der Waals surface area contributed by atoms with Crippen molar-refractivity contribution < 1.29 is 32.7 Å². The first-order chi connectivity index (χ1) is 12.6. The van der Waals surface area contributed by atoms with Crippen molar-refractivity contribution in [2.45, 2.75) is 44.4 Å². The quantitative estimate of drug-likeness (QED) is 0.806. The second-order valence-corrected chi connectivity index (χ2v) is 6.47. The monoisotopic (exact) mass is 387 g/mol. The zero-order chi connectivity index (χ0) is 20.4. The van der Waals surface area contributed by atoms with Crippen molar-refractivity contribution in [3.05, 3.63) is 29.6 Å². The topological polar surface area (TPSA) is 99.6 Å². The number of aliphatic carboxylic acids is 1. The number of aryl methyl sites for hydroxylation is 1. The van der Waals surface area contributed by atoms with Gasteiger partial charge in [0, 0.05) is 18.8 Å². The third-order valence-electron chi connectivity index (χ3n) is 4.68. The van der Waals surface area contributed by atoms with Crippen LogP contribution < -0.4 is 5.32 Å². The minimum Gasteiger partial charge on any atom is -0.475 e. The predicted molar refractivity (Wildman–Crippen MR) is 87.8 cm³/mol. The molecule has 2 fully saturated rings. The van der Waals surface area contributed by atoms with Crippen molar-refractivity contribution in [3.8, 4) is 0 Å². The van der Waals surface area contributed by atoms with E-state index in [4.69, 9.17) is 9.90 Å². The molecule has 2 heterocycles. The van der Waals surface area contributed by atoms with Crippen LogP contribution in [0.2, 0.25) is 0 Å². The summed E-state index contributed by atoms with van der Waals surface area (Å²) >= 11 is 0. The Balaban J connectivity index is 0.000000321. The SMILES string of the molecule is CNC(=O)[C@@H]1C2CCC(C2)N1C(=O)c1cccc(C)n1.O=C(O)C(F)(F)F. The maximum Gasteiger partial charge on any atom is 0.490 e. The van der Waals surface area contributed by atoms with E-state index in [1.165, 1.54) is 0 Å². The Morgan fingerprint density at radius 2 is 1.89 bits per heavy atom. The summed E-state index contributed by atoms with van der Waals surface area (Å²) in [5.41, 5.74) is 1.25. The number of hydrogen-bond acceptors (Lipinski definition) is 4. The van der Waals surface area contributed by atoms with E-state index in [0.29, 0.717) is 11.6 Å². The molecule has 1 saturated heterocycles. The number of carboxylic acids is 1. The Kier molecular flexibility index (Phi) is 6.07. The number of carboxylic acid groups (broad SMARTS) is 1. The molecule has 0 aromatic carbocycles. The third kappa shape index (κ3) is 4.55. The third-order valence-corrected chi connectivity index (χ3v) is 4.68. The number of fused-ring (bicyclic) bond motifs is 2. The smallest absolute Gasteiger partial charge is 0.475 e. The summed E-state index contributed by atoms with van der Waals surface area (Å²) in [6.45, 7) is 1.86. The van der Waals surface area contributed by atoms with E-state index in [-0.39, 0.29) is 23.9 Å². The predicted octanol–water partition coefficient (Wildman–Crippen LogP) is 1.76. The van der Waals surface area contributed by atoms with E-state index in [2.05, 4.69) is 10.3 Å². The zero-order valence-corrected chi connectivity index (χ0v) is 14.8. The molecular formula is C17H20F3N3O4. The summed E-state index contributed by atoms with van der Waals surface area (Å²) in [6, 6.07) is 5.29. The molecule has 10 heteroatoms. The molecule has 1 aromatic heterocycles. The highest BCUT2D eigenvalue weighted by atomic mass is 19.4. The van der Waals surface area contributed by atoms with Gasteiger partial charge in [-0.05, 0) is 44.2 Å². The van der Waals surface area contributed by atoms with Crippen LogP contribution in [0.15, 0.2) is 18.2 Å². The lowest BCUT2D eigenvalue weighted by Crippen LogP contribution is -2.52. The van der Waals surface area contributed by atoms with Gasteiger partial charge in [-0.1, -0.05) is 6.07 Å². The fraction of sp³-hybridized carbons (Fsp3) is 0.529. The summed E-state index contributed by atoms with van der Waals surface area (Å²) in [6.07, 6.45) is -2.11. The van der Waals surface area contributed by atoms with Crippen LogP contribution in [0, 0.1) is 12.8 Å². The van der Waals surface area contributed by atoms with Crippen molar-refractivity contribution in [3.63, 3.8) is 0 Å². The van der Waals surface area contributed by atoms with Crippen molar-refractivity contribution in [2.75, 3.05) is 7.05 Å². The number of aromatic nitrogens is 1. The first-order valence-electron chi connectivity index (χ1n) is 8.34. The maximum absolute atomic E-state index is 12.7. The van der Waals surface area contributed by atoms with Crippen molar-refractivity contribution >= 4 is 17.8 Å². The molecule has 0 spiro atoms. The van der Waals surface area contributed by atoms with Crippen LogP contribution in [0.1, 0.15) is 35.4 Å². The fourth-order valence-electron chi connectivity index (χ4n) is 3.56. The lowest BCUT2D eigenvalue weighted by atomic mass is 9.97. The highest BCUT2D eigenvalue weighted by Gasteiger charge is 2.51. The number of nitrogens with zero attached hydrogens (tertiary/aromatic N) is 2. The maximum atomic E-state index is 12.7. The molecule has 2 aliphatic rings. The average molecular weight is 387 g/mol. The Labute approximate surface area is 153 Å². The normalized spacial score (nSPS) is 23.4. The van der Waals surface area contributed by atoms with Gasteiger partial charge in [0.1, 0.15) is 11.7 Å². The molecule has 148 valence electrons.